The van der Waals surface area contributed by atoms with Crippen LogP contribution in [0.4, 0.5) is 13.9 Å². The first kappa shape index (κ1) is 27.3. The number of hydrogen-bond donors (Lipinski definition) is 2. The topological polar surface area (TPSA) is 71.1 Å². The Morgan fingerprint density at radius 2 is 1.68 bits per heavy atom. The number of aromatic nitrogens is 1. The van der Waals surface area contributed by atoms with Crippen molar-refractivity contribution in [1.29, 1.82) is 0 Å². The number of sulfonamides is 1. The van der Waals surface area contributed by atoms with Gasteiger partial charge in [0.2, 0.25) is 0 Å². The summed E-state index contributed by atoms with van der Waals surface area (Å²) in [6, 6.07) is 2.30. The zero-order valence-corrected chi connectivity index (χ0v) is 23.4. The molecule has 0 atom stereocenters. The predicted octanol–water partition coefficient (Wildman–Crippen LogP) is 7.03. The lowest BCUT2D eigenvalue weighted by Crippen LogP contribution is -2.45. The standard InChI is InChI=1S/C27H36ClF2N3O2S2/c28-23-15-25(37(34,35)33-27-32-16-26(30)36-27)24(29)14-19(23)5-2-1-3-7-31-8-4-6-22-20-10-17-9-18(12-20)13-21(22)11-17/h14-18,20-22,31H,1-13H2,(H,32,33). The van der Waals surface area contributed by atoms with Crippen LogP contribution in [0.5, 0.6) is 0 Å². The van der Waals surface area contributed by atoms with Gasteiger partial charge in [0.15, 0.2) is 10.3 Å². The molecule has 37 heavy (non-hydrogen) atoms. The average molecular weight is 572 g/mol. The lowest BCUT2D eigenvalue weighted by Gasteiger charge is -2.54. The first-order valence-electron chi connectivity index (χ1n) is 13.6. The molecule has 1 aromatic carbocycles. The second-order valence-electron chi connectivity index (χ2n) is 11.2. The summed E-state index contributed by atoms with van der Waals surface area (Å²) in [6.07, 6.45) is 14.5. The fourth-order valence-corrected chi connectivity index (χ4v) is 9.47. The van der Waals surface area contributed by atoms with Crippen molar-refractivity contribution in [3.63, 3.8) is 0 Å². The van der Waals surface area contributed by atoms with Crippen LogP contribution in [-0.2, 0) is 16.4 Å². The summed E-state index contributed by atoms with van der Waals surface area (Å²) in [5, 5.41) is 2.98. The Morgan fingerprint density at radius 3 is 2.35 bits per heavy atom. The van der Waals surface area contributed by atoms with Crippen LogP contribution in [0, 0.1) is 40.5 Å². The largest absolute Gasteiger partial charge is 0.317 e. The maximum atomic E-state index is 14.6. The number of nitrogens with one attached hydrogen (secondary N) is 2. The molecule has 5 nitrogen and oxygen atoms in total. The van der Waals surface area contributed by atoms with Crippen molar-refractivity contribution in [3.8, 4) is 0 Å². The van der Waals surface area contributed by atoms with Crippen molar-refractivity contribution < 1.29 is 17.2 Å². The van der Waals surface area contributed by atoms with Crippen LogP contribution in [0.15, 0.2) is 23.2 Å². The van der Waals surface area contributed by atoms with Crippen LogP contribution in [0.3, 0.4) is 0 Å². The van der Waals surface area contributed by atoms with E-state index in [1.54, 1.807) is 0 Å². The van der Waals surface area contributed by atoms with Gasteiger partial charge in [-0.2, -0.15) is 4.39 Å². The third kappa shape index (κ3) is 6.65. The van der Waals surface area contributed by atoms with Crippen molar-refractivity contribution in [2.45, 2.75) is 75.5 Å². The fourth-order valence-electron chi connectivity index (χ4n) is 7.28. The second-order valence-corrected chi connectivity index (χ2v) is 14.3. The first-order valence-corrected chi connectivity index (χ1v) is 16.3. The third-order valence-corrected chi connectivity index (χ3v) is 11.2. The van der Waals surface area contributed by atoms with E-state index < -0.39 is 25.9 Å². The van der Waals surface area contributed by atoms with Gasteiger partial charge in [-0.1, -0.05) is 29.4 Å². The van der Waals surface area contributed by atoms with E-state index in [0.29, 0.717) is 23.3 Å². The number of rotatable bonds is 13. The van der Waals surface area contributed by atoms with Crippen LogP contribution < -0.4 is 10.0 Å². The minimum atomic E-state index is -4.26. The average Bonchev–Trinajstić information content (AvgIpc) is 3.24. The van der Waals surface area contributed by atoms with Crippen molar-refractivity contribution in [1.82, 2.24) is 10.3 Å². The highest BCUT2D eigenvalue weighted by Gasteiger charge is 2.47. The molecule has 0 radical (unpaired) electrons. The maximum Gasteiger partial charge on any atom is 0.266 e. The normalized spacial score (nSPS) is 26.6. The number of hydrogen-bond acceptors (Lipinski definition) is 5. The lowest BCUT2D eigenvalue weighted by molar-refractivity contribution is -0.0401. The molecule has 4 saturated carbocycles. The van der Waals surface area contributed by atoms with E-state index in [4.69, 9.17) is 11.6 Å². The number of nitrogens with zero attached hydrogens (tertiary/aromatic N) is 1. The summed E-state index contributed by atoms with van der Waals surface area (Å²) in [7, 11) is -4.26. The van der Waals surface area contributed by atoms with E-state index in [1.165, 1.54) is 51.0 Å². The molecular formula is C27H36ClF2N3O2S2. The van der Waals surface area contributed by atoms with Gasteiger partial charge in [-0.25, -0.2) is 17.8 Å². The molecule has 0 amide bonds. The second kappa shape index (κ2) is 11.8. The molecule has 6 rings (SSSR count). The minimum absolute atomic E-state index is 0.168. The van der Waals surface area contributed by atoms with Crippen LogP contribution in [-0.4, -0.2) is 26.5 Å². The van der Waals surface area contributed by atoms with E-state index in [9.17, 15) is 17.2 Å². The monoisotopic (exact) mass is 571 g/mol. The molecule has 2 N–H and O–H groups in total. The van der Waals surface area contributed by atoms with Gasteiger partial charge < -0.3 is 5.32 Å². The summed E-state index contributed by atoms with van der Waals surface area (Å²) in [4.78, 5) is 3.03. The number of halogens is 3. The molecule has 0 unspecified atom stereocenters. The molecule has 4 aliphatic carbocycles. The summed E-state index contributed by atoms with van der Waals surface area (Å²) in [6.45, 7) is 2.06. The van der Waals surface area contributed by atoms with E-state index in [0.717, 1.165) is 74.2 Å². The van der Waals surface area contributed by atoms with Crippen LogP contribution in [0.1, 0.15) is 69.8 Å². The maximum absolute atomic E-state index is 14.6. The highest BCUT2D eigenvalue weighted by atomic mass is 35.5. The van der Waals surface area contributed by atoms with Gasteiger partial charge >= 0.3 is 0 Å². The Hall–Kier alpha value is -1.29. The summed E-state index contributed by atoms with van der Waals surface area (Å²) < 4.78 is 54.8. The molecule has 4 fully saturated rings. The Bertz CT molecular complexity index is 1160. The van der Waals surface area contributed by atoms with Crippen LogP contribution in [0.25, 0.3) is 0 Å². The third-order valence-electron chi connectivity index (χ3n) is 8.70. The SMILES string of the molecule is O=S(=O)(Nc1ncc(F)s1)c1cc(Cl)c(CCCCCNCCCC2C3CC4CC(C3)CC2C4)cc1F. The Kier molecular flexibility index (Phi) is 8.73. The Morgan fingerprint density at radius 1 is 0.973 bits per heavy atom. The van der Waals surface area contributed by atoms with Crippen LogP contribution in [0.2, 0.25) is 5.02 Å². The van der Waals surface area contributed by atoms with Crippen molar-refractivity contribution in [2.75, 3.05) is 17.8 Å². The minimum Gasteiger partial charge on any atom is -0.317 e. The highest BCUT2D eigenvalue weighted by Crippen LogP contribution is 2.57. The Labute approximate surface area is 227 Å². The first-order chi connectivity index (χ1) is 17.8. The molecule has 204 valence electrons. The van der Waals surface area contributed by atoms with Crippen LogP contribution >= 0.6 is 22.9 Å². The molecule has 2 aromatic rings. The number of unbranched alkanes of at least 4 members (excludes halogenated alkanes) is 2. The van der Waals surface area contributed by atoms with Gasteiger partial charge in [-0.3, -0.25) is 4.72 Å². The highest BCUT2D eigenvalue weighted by molar-refractivity contribution is 7.93. The predicted molar refractivity (Wildman–Crippen MR) is 144 cm³/mol. The van der Waals surface area contributed by atoms with E-state index in [-0.39, 0.29) is 10.2 Å². The fraction of sp³-hybridized carbons (Fsp3) is 0.667. The van der Waals surface area contributed by atoms with E-state index in [1.807, 2.05) is 0 Å². The number of anilines is 1. The van der Waals surface area contributed by atoms with Gasteiger partial charge in [-0.05, 0) is 125 Å². The van der Waals surface area contributed by atoms with Gasteiger partial charge in [0.05, 0.1) is 6.20 Å². The molecule has 1 aromatic heterocycles. The summed E-state index contributed by atoms with van der Waals surface area (Å²) >= 11 is 6.80. The lowest BCUT2D eigenvalue weighted by atomic mass is 9.51. The van der Waals surface area contributed by atoms with Crippen molar-refractivity contribution in [2.24, 2.45) is 29.6 Å². The number of thiazole rings is 1. The molecule has 10 heteroatoms. The van der Waals surface area contributed by atoms with Gasteiger partial charge in [-0.15, -0.1) is 0 Å². The van der Waals surface area contributed by atoms with Gasteiger partial charge in [0, 0.05) is 5.02 Å². The Balaban J connectivity index is 0.985. The quantitative estimate of drug-likeness (QED) is 0.253. The summed E-state index contributed by atoms with van der Waals surface area (Å²) in [5.41, 5.74) is 0.585. The molecule has 1 heterocycles. The van der Waals surface area contributed by atoms with E-state index in [2.05, 4.69) is 15.0 Å². The molecule has 4 aliphatic rings. The molecule has 4 bridgehead atoms. The zero-order chi connectivity index (χ0) is 26.0. The van der Waals surface area contributed by atoms with Gasteiger partial charge in [0.1, 0.15) is 10.7 Å². The molecule has 0 saturated heterocycles. The van der Waals surface area contributed by atoms with Crippen molar-refractivity contribution in [3.05, 3.63) is 39.9 Å². The zero-order valence-electron chi connectivity index (χ0n) is 21.0. The molecular weight excluding hydrogens is 536 g/mol. The number of benzene rings is 1. The van der Waals surface area contributed by atoms with E-state index >= 15 is 0 Å². The van der Waals surface area contributed by atoms with Gasteiger partial charge in [0.25, 0.3) is 10.0 Å². The number of aryl methyl sites for hydroxylation is 1. The smallest absolute Gasteiger partial charge is 0.266 e. The summed E-state index contributed by atoms with van der Waals surface area (Å²) in [5.74, 6) is 4.22. The molecule has 0 spiro atoms. The van der Waals surface area contributed by atoms with Crippen molar-refractivity contribution >= 4 is 38.1 Å². The molecule has 0 aliphatic heterocycles.